The third kappa shape index (κ3) is 9.71. The second-order valence-corrected chi connectivity index (χ2v) is 17.9. The van der Waals surface area contributed by atoms with E-state index in [-0.39, 0.29) is 0 Å². The molecule has 0 aliphatic heterocycles. The molecule has 6 heterocycles. The van der Waals surface area contributed by atoms with E-state index < -0.39 is 0 Å². The molecule has 6 aromatic heterocycles. The molecular formula is C68H46N6. The summed E-state index contributed by atoms with van der Waals surface area (Å²) in [5, 5.41) is 0. The van der Waals surface area contributed by atoms with E-state index >= 15 is 0 Å². The highest BCUT2D eigenvalue weighted by Crippen LogP contribution is 2.39. The van der Waals surface area contributed by atoms with Gasteiger partial charge in [-0.2, -0.15) is 0 Å². The van der Waals surface area contributed by atoms with Crippen LogP contribution in [0.15, 0.2) is 280 Å². The highest BCUT2D eigenvalue weighted by Gasteiger charge is 2.18. The first-order valence-corrected chi connectivity index (χ1v) is 24.6. The van der Waals surface area contributed by atoms with Gasteiger partial charge in [0.2, 0.25) is 0 Å². The molecule has 6 heteroatoms. The minimum absolute atomic E-state index is 0.802. The fourth-order valence-corrected chi connectivity index (χ4v) is 9.47. The van der Waals surface area contributed by atoms with Crippen LogP contribution in [-0.4, -0.2) is 29.9 Å². The number of pyridine rings is 6. The lowest BCUT2D eigenvalue weighted by Crippen LogP contribution is -1.98. The van der Waals surface area contributed by atoms with Crippen LogP contribution in [0.4, 0.5) is 0 Å². The summed E-state index contributed by atoms with van der Waals surface area (Å²) >= 11 is 0. The van der Waals surface area contributed by atoms with Crippen LogP contribution < -0.4 is 0 Å². The molecule has 0 N–H and O–H groups in total. The van der Waals surface area contributed by atoms with E-state index in [9.17, 15) is 0 Å². The van der Waals surface area contributed by atoms with Crippen LogP contribution >= 0.6 is 0 Å². The van der Waals surface area contributed by atoms with Crippen LogP contribution in [0.1, 0.15) is 22.3 Å². The Morgan fingerprint density at radius 2 is 0.419 bits per heavy atom. The minimum Gasteiger partial charge on any atom is -0.255 e. The quantitative estimate of drug-likeness (QED) is 0.114. The van der Waals surface area contributed by atoms with Crippen molar-refractivity contribution in [1.29, 1.82) is 0 Å². The van der Waals surface area contributed by atoms with E-state index in [1.165, 1.54) is 0 Å². The van der Waals surface area contributed by atoms with Gasteiger partial charge in [-0.15, -0.1) is 0 Å². The van der Waals surface area contributed by atoms with Crippen molar-refractivity contribution < 1.29 is 0 Å². The largest absolute Gasteiger partial charge is 0.255 e. The highest BCUT2D eigenvalue weighted by atomic mass is 14.8. The van der Waals surface area contributed by atoms with E-state index in [2.05, 4.69) is 202 Å². The monoisotopic (exact) mass is 946 g/mol. The van der Waals surface area contributed by atoms with Crippen molar-refractivity contribution in [3.05, 3.63) is 302 Å². The van der Waals surface area contributed by atoms with Gasteiger partial charge in [-0.05, 0) is 151 Å². The predicted octanol–water partition coefficient (Wildman–Crippen LogP) is 16.4. The third-order valence-corrected chi connectivity index (χ3v) is 13.2. The molecule has 0 bridgehead atoms. The Morgan fingerprint density at radius 3 is 0.676 bits per heavy atom. The van der Waals surface area contributed by atoms with Crippen molar-refractivity contribution in [2.45, 2.75) is 0 Å². The molecule has 0 fully saturated rings. The van der Waals surface area contributed by atoms with Crippen molar-refractivity contribution in [3.8, 4) is 90.1 Å². The van der Waals surface area contributed by atoms with E-state index in [0.29, 0.717) is 0 Å². The Balaban J connectivity index is 0.866. The maximum absolute atomic E-state index is 4.97. The first kappa shape index (κ1) is 45.1. The fourth-order valence-electron chi connectivity index (χ4n) is 9.47. The molecule has 0 saturated heterocycles. The molecule has 74 heavy (non-hydrogen) atoms. The molecule has 348 valence electrons. The number of hydrogen-bond donors (Lipinski definition) is 0. The Hall–Kier alpha value is -10.0. The maximum Gasteiger partial charge on any atom is 0.0900 e. The van der Waals surface area contributed by atoms with Gasteiger partial charge >= 0.3 is 0 Å². The highest BCUT2D eigenvalue weighted by molar-refractivity contribution is 6.05. The SMILES string of the molecule is c1ccc(C(=C(c2ccccc2)c2ccc(-c3ccc(-c4cc(-c5ccccn5)nc(-c5ccccn5)c4)cc3)cc2)c2ccc(-c3ccc(-c4cc(-c5ccccn5)nc(-c5ccccn5)c4)cc3)cc2)cc1. The molecule has 12 aromatic rings. The summed E-state index contributed by atoms with van der Waals surface area (Å²) in [6.45, 7) is 0. The van der Waals surface area contributed by atoms with Crippen LogP contribution in [0.2, 0.25) is 0 Å². The van der Waals surface area contributed by atoms with Gasteiger partial charge in [0.15, 0.2) is 0 Å². The van der Waals surface area contributed by atoms with Gasteiger partial charge in [0, 0.05) is 24.8 Å². The normalized spacial score (nSPS) is 11.5. The topological polar surface area (TPSA) is 77.3 Å². The van der Waals surface area contributed by atoms with Crippen LogP contribution in [0.3, 0.4) is 0 Å². The molecule has 0 saturated carbocycles. The van der Waals surface area contributed by atoms with Crippen LogP contribution in [-0.2, 0) is 0 Å². The first-order chi connectivity index (χ1) is 36.7. The number of aromatic nitrogens is 6. The standard InChI is InChI=1S/C68H46N6/c1-3-15-53(16-4-1)67(55-35-31-49(32-36-55)47-23-27-51(28-24-47)57-43-63(59-19-7-11-39-69-59)73-64(44-57)60-20-8-12-40-70-60)68(54-17-5-2-6-18-54)56-37-33-50(34-38-56)48-25-29-52(30-26-48)58-45-65(61-21-9-13-41-71-61)74-66(46-58)62-22-10-14-42-72-62/h1-46H. The molecule has 6 nitrogen and oxygen atoms in total. The van der Waals surface area contributed by atoms with Crippen molar-refractivity contribution >= 4 is 11.1 Å². The van der Waals surface area contributed by atoms with Crippen molar-refractivity contribution in [2.75, 3.05) is 0 Å². The van der Waals surface area contributed by atoms with Gasteiger partial charge in [-0.3, -0.25) is 19.9 Å². The molecule has 0 unspecified atom stereocenters. The van der Waals surface area contributed by atoms with Gasteiger partial charge in [-0.1, -0.05) is 182 Å². The molecule has 0 spiro atoms. The summed E-state index contributed by atoms with van der Waals surface area (Å²) in [4.78, 5) is 28.4. The van der Waals surface area contributed by atoms with Gasteiger partial charge in [0.05, 0.1) is 45.6 Å². The molecule has 0 aliphatic carbocycles. The average Bonchev–Trinajstić information content (AvgIpc) is 3.50. The molecular weight excluding hydrogens is 901 g/mol. The minimum atomic E-state index is 0.802. The number of benzene rings is 6. The van der Waals surface area contributed by atoms with Crippen molar-refractivity contribution in [2.24, 2.45) is 0 Å². The Labute approximate surface area is 430 Å². The van der Waals surface area contributed by atoms with Crippen LogP contribution in [0.5, 0.6) is 0 Å². The molecule has 0 radical (unpaired) electrons. The summed E-state index contributed by atoms with van der Waals surface area (Å²) in [5.74, 6) is 0. The second-order valence-electron chi connectivity index (χ2n) is 17.9. The van der Waals surface area contributed by atoms with Gasteiger partial charge in [0.25, 0.3) is 0 Å². The Morgan fingerprint density at radius 1 is 0.189 bits per heavy atom. The molecule has 0 amide bonds. The third-order valence-electron chi connectivity index (χ3n) is 13.2. The van der Waals surface area contributed by atoms with Gasteiger partial charge in [0.1, 0.15) is 0 Å². The molecule has 0 aliphatic rings. The average molecular weight is 947 g/mol. The molecule has 12 rings (SSSR count). The fraction of sp³-hybridized carbons (Fsp3) is 0. The summed E-state index contributed by atoms with van der Waals surface area (Å²) in [6, 6.07) is 89.0. The zero-order chi connectivity index (χ0) is 49.5. The lowest BCUT2D eigenvalue weighted by atomic mass is 9.85. The Bertz CT molecular complexity index is 3480. The van der Waals surface area contributed by atoms with Crippen LogP contribution in [0, 0.1) is 0 Å². The molecule has 0 atom stereocenters. The van der Waals surface area contributed by atoms with E-state index in [4.69, 9.17) is 9.97 Å². The number of nitrogens with zero attached hydrogens (tertiary/aromatic N) is 6. The second kappa shape index (κ2) is 20.7. The lowest BCUT2D eigenvalue weighted by molar-refractivity contribution is 1.22. The molecule has 6 aromatic carbocycles. The van der Waals surface area contributed by atoms with Crippen molar-refractivity contribution in [3.63, 3.8) is 0 Å². The number of rotatable bonds is 12. The first-order valence-electron chi connectivity index (χ1n) is 24.6. The zero-order valence-electron chi connectivity index (χ0n) is 40.2. The number of hydrogen-bond acceptors (Lipinski definition) is 6. The smallest absolute Gasteiger partial charge is 0.0900 e. The Kier molecular flexibility index (Phi) is 12.6. The van der Waals surface area contributed by atoms with E-state index in [1.54, 1.807) is 24.8 Å². The van der Waals surface area contributed by atoms with E-state index in [1.807, 2.05) is 72.8 Å². The van der Waals surface area contributed by atoms with Gasteiger partial charge in [-0.25, -0.2) is 9.97 Å². The summed E-state index contributed by atoms with van der Waals surface area (Å²) < 4.78 is 0. The summed E-state index contributed by atoms with van der Waals surface area (Å²) in [5.41, 5.74) is 22.1. The van der Waals surface area contributed by atoms with Gasteiger partial charge < -0.3 is 0 Å². The summed E-state index contributed by atoms with van der Waals surface area (Å²) in [6.07, 6.45) is 7.20. The van der Waals surface area contributed by atoms with Crippen molar-refractivity contribution in [1.82, 2.24) is 29.9 Å². The van der Waals surface area contributed by atoms with E-state index in [0.717, 1.165) is 123 Å². The lowest BCUT2D eigenvalue weighted by Gasteiger charge is -2.19. The summed E-state index contributed by atoms with van der Waals surface area (Å²) in [7, 11) is 0. The predicted molar refractivity (Wildman–Crippen MR) is 301 cm³/mol. The zero-order valence-corrected chi connectivity index (χ0v) is 40.2. The maximum atomic E-state index is 4.97. The van der Waals surface area contributed by atoms with Crippen LogP contribution in [0.25, 0.3) is 101 Å².